The van der Waals surface area contributed by atoms with Gasteiger partial charge in [0, 0.05) is 0 Å². The van der Waals surface area contributed by atoms with Gasteiger partial charge in [0.1, 0.15) is 0 Å². The summed E-state index contributed by atoms with van der Waals surface area (Å²) in [6, 6.07) is 41.1. The van der Waals surface area contributed by atoms with E-state index < -0.39 is 17.1 Å². The van der Waals surface area contributed by atoms with Crippen molar-refractivity contribution in [1.29, 1.82) is 0 Å². The van der Waals surface area contributed by atoms with Gasteiger partial charge < -0.3 is 13.0 Å². The van der Waals surface area contributed by atoms with Crippen molar-refractivity contribution in [2.75, 3.05) is 13.2 Å². The van der Waals surface area contributed by atoms with Gasteiger partial charge in [-0.1, -0.05) is 133 Å². The quantitative estimate of drug-likeness (QED) is 0.343. The standard InChI is InChI=1S/C28H24O3Si2/c1-5-15-25(16-6-1)32(26-17-7-2-8-18-26)29-23-13-14-24-30-33(31-32,27-19-9-3-10-20-27)28-21-11-4-12-22-28/h1-12,15-22H,23-24H2. The molecular formula is C28H24O3Si2. The van der Waals surface area contributed by atoms with Crippen molar-refractivity contribution in [2.24, 2.45) is 0 Å². The van der Waals surface area contributed by atoms with Gasteiger partial charge in [0.15, 0.2) is 0 Å². The third-order valence-electron chi connectivity index (χ3n) is 5.72. The first kappa shape index (κ1) is 21.6. The Bertz CT molecular complexity index is 1060. The maximum absolute atomic E-state index is 7.44. The molecule has 0 amide bonds. The second-order valence-corrected chi connectivity index (χ2v) is 13.9. The minimum atomic E-state index is -3.22. The van der Waals surface area contributed by atoms with Gasteiger partial charge >= 0.3 is 17.1 Å². The first-order valence-corrected chi connectivity index (χ1v) is 14.6. The van der Waals surface area contributed by atoms with Crippen LogP contribution in [0.5, 0.6) is 0 Å². The van der Waals surface area contributed by atoms with Crippen molar-refractivity contribution in [3.8, 4) is 11.8 Å². The molecule has 5 heteroatoms. The fourth-order valence-corrected chi connectivity index (χ4v) is 12.6. The van der Waals surface area contributed by atoms with Crippen LogP contribution in [-0.2, 0) is 13.0 Å². The summed E-state index contributed by atoms with van der Waals surface area (Å²) in [5.41, 5.74) is 0. The van der Waals surface area contributed by atoms with Gasteiger partial charge in [0.05, 0.1) is 13.2 Å². The fourth-order valence-electron chi connectivity index (χ4n) is 4.17. The van der Waals surface area contributed by atoms with E-state index in [0.29, 0.717) is 0 Å². The Balaban J connectivity index is 1.81. The number of rotatable bonds is 4. The molecule has 0 saturated heterocycles. The lowest BCUT2D eigenvalue weighted by atomic mass is 10.4. The van der Waals surface area contributed by atoms with E-state index in [1.54, 1.807) is 0 Å². The lowest BCUT2D eigenvalue weighted by Gasteiger charge is -2.40. The average molecular weight is 465 g/mol. The molecule has 1 heterocycles. The molecule has 1 aliphatic rings. The molecule has 0 aromatic heterocycles. The van der Waals surface area contributed by atoms with Crippen molar-refractivity contribution in [3.63, 3.8) is 0 Å². The van der Waals surface area contributed by atoms with Crippen LogP contribution < -0.4 is 20.7 Å². The highest BCUT2D eigenvalue weighted by atomic mass is 28.5. The Kier molecular flexibility index (Phi) is 6.35. The zero-order valence-corrected chi connectivity index (χ0v) is 20.2. The third kappa shape index (κ3) is 4.23. The molecule has 33 heavy (non-hydrogen) atoms. The average Bonchev–Trinajstić information content (AvgIpc) is 3.01. The van der Waals surface area contributed by atoms with Crippen LogP contribution in [-0.4, -0.2) is 30.3 Å². The molecule has 0 unspecified atom stereocenters. The van der Waals surface area contributed by atoms with Crippen LogP contribution in [0.3, 0.4) is 0 Å². The van der Waals surface area contributed by atoms with E-state index in [1.165, 1.54) is 0 Å². The molecule has 0 fully saturated rings. The zero-order valence-electron chi connectivity index (χ0n) is 18.2. The Hall–Kier alpha value is -3.25. The number of benzene rings is 4. The molecular weight excluding hydrogens is 440 g/mol. The van der Waals surface area contributed by atoms with E-state index in [4.69, 9.17) is 13.0 Å². The minimum Gasteiger partial charge on any atom is -0.401 e. The molecule has 0 atom stereocenters. The smallest absolute Gasteiger partial charge is 0.399 e. The Morgan fingerprint density at radius 2 is 0.697 bits per heavy atom. The summed E-state index contributed by atoms with van der Waals surface area (Å²) >= 11 is 0. The Morgan fingerprint density at radius 3 is 0.970 bits per heavy atom. The van der Waals surface area contributed by atoms with Crippen LogP contribution >= 0.6 is 0 Å². The SMILES string of the molecule is C1#CCO[Si](c2ccccc2)(c2ccccc2)O[Si](c2ccccc2)(c2ccccc2)OC1. The second-order valence-electron chi connectivity index (χ2n) is 7.73. The molecule has 0 aliphatic carbocycles. The Morgan fingerprint density at radius 1 is 0.424 bits per heavy atom. The van der Waals surface area contributed by atoms with Crippen molar-refractivity contribution in [2.45, 2.75) is 0 Å². The summed E-state index contributed by atoms with van der Waals surface area (Å²) in [7, 11) is -6.43. The van der Waals surface area contributed by atoms with Crippen molar-refractivity contribution >= 4 is 37.9 Å². The van der Waals surface area contributed by atoms with Gasteiger partial charge in [0.25, 0.3) is 0 Å². The molecule has 0 spiro atoms. The molecule has 0 radical (unpaired) electrons. The third-order valence-corrected chi connectivity index (χ3v) is 13.5. The van der Waals surface area contributed by atoms with E-state index in [0.717, 1.165) is 20.7 Å². The molecule has 162 valence electrons. The second kappa shape index (κ2) is 9.71. The van der Waals surface area contributed by atoms with Gasteiger partial charge in [-0.15, -0.1) is 0 Å². The van der Waals surface area contributed by atoms with Crippen LogP contribution in [0.4, 0.5) is 0 Å². The van der Waals surface area contributed by atoms with Gasteiger partial charge in [-0.25, -0.2) is 0 Å². The maximum Gasteiger partial charge on any atom is 0.399 e. The van der Waals surface area contributed by atoms with Gasteiger partial charge in [-0.2, -0.15) is 0 Å². The molecule has 3 nitrogen and oxygen atoms in total. The van der Waals surface area contributed by atoms with E-state index in [9.17, 15) is 0 Å². The summed E-state index contributed by atoms with van der Waals surface area (Å²) in [4.78, 5) is 0. The number of hydrogen-bond acceptors (Lipinski definition) is 3. The number of hydrogen-bond donors (Lipinski definition) is 0. The highest BCUT2D eigenvalue weighted by Crippen LogP contribution is 2.20. The molecule has 0 saturated carbocycles. The maximum atomic E-state index is 7.44. The summed E-state index contributed by atoms with van der Waals surface area (Å²) in [5, 5.41) is 4.14. The monoisotopic (exact) mass is 464 g/mol. The molecule has 4 aromatic carbocycles. The zero-order chi connectivity index (χ0) is 22.4. The van der Waals surface area contributed by atoms with Crippen LogP contribution in [0.1, 0.15) is 0 Å². The first-order chi connectivity index (χ1) is 16.3. The van der Waals surface area contributed by atoms with Crippen LogP contribution in [0.2, 0.25) is 0 Å². The van der Waals surface area contributed by atoms with Crippen molar-refractivity contribution in [3.05, 3.63) is 121 Å². The largest absolute Gasteiger partial charge is 0.401 e. The van der Waals surface area contributed by atoms with E-state index >= 15 is 0 Å². The van der Waals surface area contributed by atoms with Gasteiger partial charge in [0.2, 0.25) is 0 Å². The van der Waals surface area contributed by atoms with Crippen LogP contribution in [0.25, 0.3) is 0 Å². The fraction of sp³-hybridized carbons (Fsp3) is 0.0714. The highest BCUT2D eigenvalue weighted by Gasteiger charge is 2.54. The predicted molar refractivity (Wildman–Crippen MR) is 137 cm³/mol. The summed E-state index contributed by atoms with van der Waals surface area (Å²) in [5.74, 6) is 6.28. The topological polar surface area (TPSA) is 27.7 Å². The summed E-state index contributed by atoms with van der Waals surface area (Å²) in [6.45, 7) is 0.570. The van der Waals surface area contributed by atoms with Crippen LogP contribution in [0, 0.1) is 11.8 Å². The van der Waals surface area contributed by atoms with Crippen molar-refractivity contribution < 1.29 is 13.0 Å². The lowest BCUT2D eigenvalue weighted by Crippen LogP contribution is -2.75. The lowest BCUT2D eigenvalue weighted by molar-refractivity contribution is 0.248. The van der Waals surface area contributed by atoms with Gasteiger partial charge in [-0.05, 0) is 20.7 Å². The van der Waals surface area contributed by atoms with Crippen molar-refractivity contribution in [1.82, 2.24) is 0 Å². The molecule has 4 aromatic rings. The predicted octanol–water partition coefficient (Wildman–Crippen LogP) is 2.57. The summed E-state index contributed by atoms with van der Waals surface area (Å²) < 4.78 is 20.9. The molecule has 5 rings (SSSR count). The van der Waals surface area contributed by atoms with Gasteiger partial charge in [-0.3, -0.25) is 0 Å². The summed E-state index contributed by atoms with van der Waals surface area (Å²) in [6.07, 6.45) is 0. The van der Waals surface area contributed by atoms with E-state index in [1.807, 2.05) is 72.8 Å². The molecule has 1 aliphatic heterocycles. The normalized spacial score (nSPS) is 17.0. The first-order valence-electron chi connectivity index (χ1n) is 11.0. The molecule has 0 N–H and O–H groups in total. The highest BCUT2D eigenvalue weighted by molar-refractivity contribution is 7.04. The van der Waals surface area contributed by atoms with E-state index in [-0.39, 0.29) is 13.2 Å². The van der Waals surface area contributed by atoms with E-state index in [2.05, 4.69) is 60.4 Å². The minimum absolute atomic E-state index is 0.285. The Labute approximate surface area is 197 Å². The molecule has 0 bridgehead atoms. The van der Waals surface area contributed by atoms with Crippen LogP contribution in [0.15, 0.2) is 121 Å².